The maximum atomic E-state index is 12.2. The Morgan fingerprint density at radius 3 is 2.25 bits per heavy atom. The first-order chi connectivity index (χ1) is 11.6. The van der Waals surface area contributed by atoms with E-state index < -0.39 is 0 Å². The Morgan fingerprint density at radius 1 is 1.04 bits per heavy atom. The van der Waals surface area contributed by atoms with Crippen molar-refractivity contribution in [2.45, 2.75) is 71.8 Å². The van der Waals surface area contributed by atoms with Gasteiger partial charge < -0.3 is 14.5 Å². The van der Waals surface area contributed by atoms with Gasteiger partial charge in [0, 0.05) is 25.7 Å². The first-order valence-corrected chi connectivity index (χ1v) is 10.2. The normalized spacial score (nSPS) is 22.7. The molecule has 0 saturated carbocycles. The van der Waals surface area contributed by atoms with Crippen LogP contribution in [0.4, 0.5) is 0 Å². The molecule has 0 spiro atoms. The second kappa shape index (κ2) is 10.4. The lowest BCUT2D eigenvalue weighted by molar-refractivity contribution is -0.137. The zero-order valence-electron chi connectivity index (χ0n) is 16.1. The van der Waals surface area contributed by atoms with E-state index in [1.165, 1.54) is 38.8 Å². The summed E-state index contributed by atoms with van der Waals surface area (Å²) in [7, 11) is 0. The van der Waals surface area contributed by atoms with Gasteiger partial charge in [-0.05, 0) is 70.4 Å². The van der Waals surface area contributed by atoms with Crippen LogP contribution < -0.4 is 0 Å². The first-order valence-electron chi connectivity index (χ1n) is 10.2. The molecule has 0 aliphatic carbocycles. The molecule has 2 saturated heterocycles. The molecule has 0 aromatic heterocycles. The minimum absolute atomic E-state index is 0.191. The quantitative estimate of drug-likeness (QED) is 0.635. The van der Waals surface area contributed by atoms with Gasteiger partial charge in [-0.25, -0.2) is 0 Å². The van der Waals surface area contributed by atoms with E-state index in [-0.39, 0.29) is 12.5 Å². The summed E-state index contributed by atoms with van der Waals surface area (Å²) in [5, 5.41) is 0. The van der Waals surface area contributed by atoms with E-state index in [4.69, 9.17) is 4.74 Å². The van der Waals surface area contributed by atoms with Crippen LogP contribution in [0.15, 0.2) is 0 Å². The average molecular weight is 339 g/mol. The lowest BCUT2D eigenvalue weighted by Crippen LogP contribution is -2.40. The maximum absolute atomic E-state index is 12.2. The predicted molar refractivity (Wildman–Crippen MR) is 99.1 cm³/mol. The summed E-state index contributed by atoms with van der Waals surface area (Å²) in [6, 6.07) is 0.719. The van der Waals surface area contributed by atoms with Crippen molar-refractivity contribution in [2.75, 3.05) is 39.4 Å². The molecule has 4 heteroatoms. The number of ether oxygens (including phenoxy) is 1. The molecule has 0 bridgehead atoms. The minimum Gasteiger partial charge on any atom is -0.372 e. The highest BCUT2D eigenvalue weighted by Gasteiger charge is 2.23. The summed E-state index contributed by atoms with van der Waals surface area (Å²) in [6.07, 6.45) is 8.49. The summed E-state index contributed by atoms with van der Waals surface area (Å²) in [5.41, 5.74) is 0. The molecular weight excluding hydrogens is 300 g/mol. The standard InChI is InChI=1S/C20H38N2O2/c1-4-17(3)21-11-8-19(9-12-21)10-15-24-16-20(23)22-13-6-18(5-2)7-14-22/h17-19H,4-16H2,1-3H3. The third kappa shape index (κ3) is 6.03. The van der Waals surface area contributed by atoms with Crippen molar-refractivity contribution in [3.05, 3.63) is 0 Å². The summed E-state index contributed by atoms with van der Waals surface area (Å²) in [4.78, 5) is 16.8. The number of rotatable bonds is 8. The molecule has 140 valence electrons. The molecular formula is C20H38N2O2. The van der Waals surface area contributed by atoms with Crippen LogP contribution in [0.3, 0.4) is 0 Å². The van der Waals surface area contributed by atoms with Crippen LogP contribution in [-0.4, -0.2) is 61.1 Å². The van der Waals surface area contributed by atoms with Gasteiger partial charge in [-0.15, -0.1) is 0 Å². The van der Waals surface area contributed by atoms with Gasteiger partial charge in [0.2, 0.25) is 5.91 Å². The number of likely N-dealkylation sites (tertiary alicyclic amines) is 2. The molecule has 0 radical (unpaired) electrons. The Bertz CT molecular complexity index is 359. The maximum Gasteiger partial charge on any atom is 0.248 e. The predicted octanol–water partition coefficient (Wildman–Crippen LogP) is 3.55. The van der Waals surface area contributed by atoms with Gasteiger partial charge in [0.25, 0.3) is 0 Å². The van der Waals surface area contributed by atoms with Crippen molar-refractivity contribution in [2.24, 2.45) is 11.8 Å². The van der Waals surface area contributed by atoms with Crippen molar-refractivity contribution >= 4 is 5.91 Å². The van der Waals surface area contributed by atoms with Gasteiger partial charge in [0.15, 0.2) is 0 Å². The molecule has 0 N–H and O–H groups in total. The van der Waals surface area contributed by atoms with Crippen LogP contribution in [0, 0.1) is 11.8 Å². The number of nitrogens with zero attached hydrogens (tertiary/aromatic N) is 2. The Hall–Kier alpha value is -0.610. The van der Waals surface area contributed by atoms with Gasteiger partial charge in [-0.3, -0.25) is 4.79 Å². The zero-order chi connectivity index (χ0) is 17.4. The van der Waals surface area contributed by atoms with E-state index in [2.05, 4.69) is 25.7 Å². The van der Waals surface area contributed by atoms with Gasteiger partial charge in [-0.1, -0.05) is 20.3 Å². The van der Waals surface area contributed by atoms with E-state index in [0.717, 1.165) is 56.8 Å². The fourth-order valence-corrected chi connectivity index (χ4v) is 4.03. The third-order valence-electron chi connectivity index (χ3n) is 6.30. The van der Waals surface area contributed by atoms with Crippen LogP contribution >= 0.6 is 0 Å². The largest absolute Gasteiger partial charge is 0.372 e. The van der Waals surface area contributed by atoms with E-state index in [0.29, 0.717) is 0 Å². The molecule has 2 rings (SSSR count). The smallest absolute Gasteiger partial charge is 0.248 e. The number of carbonyl (C=O) groups excluding carboxylic acids is 1. The molecule has 4 nitrogen and oxygen atoms in total. The SMILES string of the molecule is CCC1CCN(C(=O)COCCC2CCN(C(C)CC)CC2)CC1. The second-order valence-electron chi connectivity index (χ2n) is 7.81. The third-order valence-corrected chi connectivity index (χ3v) is 6.30. The average Bonchev–Trinajstić information content (AvgIpc) is 2.65. The lowest BCUT2D eigenvalue weighted by Gasteiger charge is -2.35. The topological polar surface area (TPSA) is 32.8 Å². The molecule has 24 heavy (non-hydrogen) atoms. The van der Waals surface area contributed by atoms with E-state index in [1.54, 1.807) is 0 Å². The van der Waals surface area contributed by atoms with Gasteiger partial charge in [-0.2, -0.15) is 0 Å². The Kier molecular flexibility index (Phi) is 8.54. The molecule has 1 unspecified atom stereocenters. The van der Waals surface area contributed by atoms with Crippen molar-refractivity contribution < 1.29 is 9.53 Å². The monoisotopic (exact) mass is 338 g/mol. The molecule has 1 amide bonds. The number of hydrogen-bond acceptors (Lipinski definition) is 3. The molecule has 2 fully saturated rings. The number of amides is 1. The van der Waals surface area contributed by atoms with Gasteiger partial charge in [0.05, 0.1) is 0 Å². The van der Waals surface area contributed by atoms with Crippen LogP contribution in [0.1, 0.15) is 65.7 Å². The Labute approximate surface area is 148 Å². The van der Waals surface area contributed by atoms with E-state index in [1.807, 2.05) is 4.90 Å². The van der Waals surface area contributed by atoms with Crippen LogP contribution in [0.2, 0.25) is 0 Å². The van der Waals surface area contributed by atoms with Crippen LogP contribution in [0.25, 0.3) is 0 Å². The van der Waals surface area contributed by atoms with Crippen molar-refractivity contribution in [1.29, 1.82) is 0 Å². The second-order valence-corrected chi connectivity index (χ2v) is 7.81. The fraction of sp³-hybridized carbons (Fsp3) is 0.950. The Balaban J connectivity index is 1.53. The number of piperidine rings is 2. The molecule has 2 aliphatic heterocycles. The highest BCUT2D eigenvalue weighted by atomic mass is 16.5. The summed E-state index contributed by atoms with van der Waals surface area (Å²) >= 11 is 0. The van der Waals surface area contributed by atoms with Gasteiger partial charge >= 0.3 is 0 Å². The Morgan fingerprint density at radius 2 is 1.67 bits per heavy atom. The summed E-state index contributed by atoms with van der Waals surface area (Å²) < 4.78 is 5.70. The zero-order valence-corrected chi connectivity index (χ0v) is 16.1. The van der Waals surface area contributed by atoms with Crippen molar-refractivity contribution in [1.82, 2.24) is 9.80 Å². The molecule has 0 aromatic carbocycles. The first kappa shape index (κ1) is 19.7. The lowest BCUT2D eigenvalue weighted by atomic mass is 9.93. The molecule has 2 heterocycles. The molecule has 1 atom stereocenters. The van der Waals surface area contributed by atoms with Gasteiger partial charge in [0.1, 0.15) is 6.61 Å². The minimum atomic E-state index is 0.191. The van der Waals surface area contributed by atoms with Crippen LogP contribution in [-0.2, 0) is 9.53 Å². The van der Waals surface area contributed by atoms with Crippen molar-refractivity contribution in [3.8, 4) is 0 Å². The van der Waals surface area contributed by atoms with E-state index >= 15 is 0 Å². The number of carbonyl (C=O) groups is 1. The molecule has 0 aromatic rings. The summed E-state index contributed by atoms with van der Waals surface area (Å²) in [6.45, 7) is 12.2. The highest BCUT2D eigenvalue weighted by Crippen LogP contribution is 2.23. The highest BCUT2D eigenvalue weighted by molar-refractivity contribution is 5.77. The fourth-order valence-electron chi connectivity index (χ4n) is 4.03. The van der Waals surface area contributed by atoms with Crippen LogP contribution in [0.5, 0.6) is 0 Å². The van der Waals surface area contributed by atoms with E-state index in [9.17, 15) is 4.79 Å². The number of hydrogen-bond donors (Lipinski definition) is 0. The summed E-state index contributed by atoms with van der Waals surface area (Å²) in [5.74, 6) is 1.79. The van der Waals surface area contributed by atoms with Crippen molar-refractivity contribution in [3.63, 3.8) is 0 Å². The molecule has 2 aliphatic rings.